The van der Waals surface area contributed by atoms with E-state index < -0.39 is 4.92 Å². The molecule has 0 radical (unpaired) electrons. The first kappa shape index (κ1) is 15.6. The zero-order chi connectivity index (χ0) is 17.9. The number of nitrogens with one attached hydrogen (secondary N) is 2. The number of hydrogen-bond acceptors (Lipinski definition) is 7. The lowest BCUT2D eigenvalue weighted by Crippen LogP contribution is -1.92. The molecule has 26 heavy (non-hydrogen) atoms. The summed E-state index contributed by atoms with van der Waals surface area (Å²) < 4.78 is 5.54. The molecule has 0 amide bonds. The Bertz CT molecular complexity index is 1060. The summed E-state index contributed by atoms with van der Waals surface area (Å²) in [6.07, 6.45) is 3.44. The van der Waals surface area contributed by atoms with Crippen molar-refractivity contribution in [3.8, 4) is 0 Å². The average Bonchev–Trinajstić information content (AvgIpc) is 3.05. The summed E-state index contributed by atoms with van der Waals surface area (Å²) in [6, 6.07) is 15.9. The minimum Gasteiger partial charge on any atom is -0.423 e. The molecule has 2 aromatic carbocycles. The van der Waals surface area contributed by atoms with Crippen molar-refractivity contribution < 1.29 is 9.34 Å². The number of nitro groups is 1. The van der Waals surface area contributed by atoms with Gasteiger partial charge < -0.3 is 15.1 Å². The van der Waals surface area contributed by atoms with Crippen LogP contribution in [0.3, 0.4) is 0 Å². The van der Waals surface area contributed by atoms with Crippen molar-refractivity contribution in [3.63, 3.8) is 0 Å². The first-order valence-corrected chi connectivity index (χ1v) is 7.76. The van der Waals surface area contributed by atoms with Crippen LogP contribution >= 0.6 is 0 Å². The van der Waals surface area contributed by atoms with Crippen molar-refractivity contribution in [3.05, 3.63) is 77.1 Å². The van der Waals surface area contributed by atoms with Gasteiger partial charge in [-0.2, -0.15) is 4.98 Å². The Morgan fingerprint density at radius 3 is 2.23 bits per heavy atom. The Balaban J connectivity index is 1.50. The van der Waals surface area contributed by atoms with Gasteiger partial charge in [-0.15, -0.1) is 0 Å². The van der Waals surface area contributed by atoms with Crippen LogP contribution in [0.4, 0.5) is 28.8 Å². The molecular formula is C18H13N5O3. The van der Waals surface area contributed by atoms with Crippen LogP contribution in [0.15, 0.2) is 71.4 Å². The van der Waals surface area contributed by atoms with Gasteiger partial charge in [0.05, 0.1) is 11.0 Å². The van der Waals surface area contributed by atoms with E-state index in [0.29, 0.717) is 11.1 Å². The molecule has 2 N–H and O–H groups in total. The highest BCUT2D eigenvalue weighted by atomic mass is 16.6. The van der Waals surface area contributed by atoms with Gasteiger partial charge >= 0.3 is 0 Å². The van der Waals surface area contributed by atoms with Gasteiger partial charge in [-0.3, -0.25) is 15.1 Å². The van der Waals surface area contributed by atoms with E-state index in [9.17, 15) is 10.1 Å². The Morgan fingerprint density at radius 1 is 0.885 bits per heavy atom. The first-order valence-electron chi connectivity index (χ1n) is 7.76. The predicted octanol–water partition coefficient (Wildman–Crippen LogP) is 4.62. The van der Waals surface area contributed by atoms with E-state index >= 15 is 0 Å². The van der Waals surface area contributed by atoms with E-state index in [2.05, 4.69) is 20.6 Å². The van der Waals surface area contributed by atoms with Gasteiger partial charge in [0, 0.05) is 35.5 Å². The molecule has 4 aromatic rings. The van der Waals surface area contributed by atoms with Gasteiger partial charge in [0.2, 0.25) is 0 Å². The number of rotatable bonds is 5. The Morgan fingerprint density at radius 2 is 1.54 bits per heavy atom. The van der Waals surface area contributed by atoms with Gasteiger partial charge in [-0.25, -0.2) is 0 Å². The topological polar surface area (TPSA) is 106 Å². The number of non-ortho nitro benzene ring substituents is 1. The molecule has 0 spiro atoms. The number of hydrogen-bond donors (Lipinski definition) is 2. The average molecular weight is 347 g/mol. The molecule has 0 fully saturated rings. The molecule has 2 aromatic heterocycles. The van der Waals surface area contributed by atoms with Gasteiger partial charge in [0.15, 0.2) is 5.58 Å². The molecule has 0 bridgehead atoms. The summed E-state index contributed by atoms with van der Waals surface area (Å²) in [4.78, 5) is 18.6. The largest absolute Gasteiger partial charge is 0.423 e. The molecule has 0 saturated carbocycles. The first-order chi connectivity index (χ1) is 12.7. The highest BCUT2D eigenvalue weighted by molar-refractivity contribution is 5.78. The summed E-state index contributed by atoms with van der Waals surface area (Å²) in [7, 11) is 0. The van der Waals surface area contributed by atoms with Gasteiger partial charge in [-0.05, 0) is 42.5 Å². The Labute approximate surface area is 147 Å². The normalized spacial score (nSPS) is 10.6. The van der Waals surface area contributed by atoms with Gasteiger partial charge in [-0.1, -0.05) is 0 Å². The second kappa shape index (κ2) is 6.52. The molecule has 2 heterocycles. The molecule has 0 aliphatic carbocycles. The summed E-state index contributed by atoms with van der Waals surface area (Å²) in [5.41, 5.74) is 3.53. The van der Waals surface area contributed by atoms with Crippen LogP contribution in [0.5, 0.6) is 0 Å². The zero-order valence-electron chi connectivity index (χ0n) is 13.4. The SMILES string of the molecule is O=[N+]([O-])c1ccc2nc(Nc3ccc(Nc4ccncc4)cc3)oc2c1. The lowest BCUT2D eigenvalue weighted by atomic mass is 10.2. The molecule has 8 nitrogen and oxygen atoms in total. The maximum absolute atomic E-state index is 10.8. The molecule has 0 saturated heterocycles. The van der Waals surface area contributed by atoms with E-state index in [0.717, 1.165) is 17.1 Å². The maximum Gasteiger partial charge on any atom is 0.300 e. The second-order valence-corrected chi connectivity index (χ2v) is 5.49. The van der Waals surface area contributed by atoms with E-state index in [-0.39, 0.29) is 11.7 Å². The van der Waals surface area contributed by atoms with Crippen LogP contribution in [0, 0.1) is 10.1 Å². The van der Waals surface area contributed by atoms with Crippen LogP contribution in [-0.4, -0.2) is 14.9 Å². The summed E-state index contributed by atoms with van der Waals surface area (Å²) in [5.74, 6) is 0. The maximum atomic E-state index is 10.8. The highest BCUT2D eigenvalue weighted by Gasteiger charge is 2.11. The monoisotopic (exact) mass is 347 g/mol. The van der Waals surface area contributed by atoms with Crippen molar-refractivity contribution in [2.75, 3.05) is 10.6 Å². The molecule has 4 rings (SSSR count). The molecule has 0 unspecified atom stereocenters. The summed E-state index contributed by atoms with van der Waals surface area (Å²) in [6.45, 7) is 0. The molecule has 8 heteroatoms. The Kier molecular flexibility index (Phi) is 3.91. The number of anilines is 4. The van der Waals surface area contributed by atoms with Crippen LogP contribution in [0.1, 0.15) is 0 Å². The lowest BCUT2D eigenvalue weighted by Gasteiger charge is -2.07. The third-order valence-corrected chi connectivity index (χ3v) is 3.69. The quantitative estimate of drug-likeness (QED) is 0.401. The van der Waals surface area contributed by atoms with Crippen LogP contribution in [-0.2, 0) is 0 Å². The van der Waals surface area contributed by atoms with Crippen molar-refractivity contribution in [2.45, 2.75) is 0 Å². The summed E-state index contributed by atoms with van der Waals surface area (Å²) >= 11 is 0. The molecule has 0 aliphatic rings. The smallest absolute Gasteiger partial charge is 0.300 e. The fraction of sp³-hybridized carbons (Fsp3) is 0. The molecule has 0 atom stereocenters. The van der Waals surface area contributed by atoms with Crippen LogP contribution in [0.2, 0.25) is 0 Å². The lowest BCUT2D eigenvalue weighted by molar-refractivity contribution is -0.384. The zero-order valence-corrected chi connectivity index (χ0v) is 13.4. The Hall–Kier alpha value is -3.94. The molecule has 0 aliphatic heterocycles. The van der Waals surface area contributed by atoms with E-state index in [4.69, 9.17) is 4.42 Å². The molecular weight excluding hydrogens is 334 g/mol. The minimum absolute atomic E-state index is 0.0354. The number of pyridine rings is 1. The molecule has 128 valence electrons. The summed E-state index contributed by atoms with van der Waals surface area (Å²) in [5, 5.41) is 17.1. The van der Waals surface area contributed by atoms with E-state index in [1.165, 1.54) is 12.1 Å². The fourth-order valence-electron chi connectivity index (χ4n) is 2.44. The van der Waals surface area contributed by atoms with Gasteiger partial charge in [0.25, 0.3) is 11.7 Å². The number of fused-ring (bicyclic) bond motifs is 1. The van der Waals surface area contributed by atoms with Crippen molar-refractivity contribution in [2.24, 2.45) is 0 Å². The van der Waals surface area contributed by atoms with Gasteiger partial charge in [0.1, 0.15) is 5.52 Å². The third kappa shape index (κ3) is 3.29. The minimum atomic E-state index is -0.469. The van der Waals surface area contributed by atoms with Crippen molar-refractivity contribution in [1.82, 2.24) is 9.97 Å². The van der Waals surface area contributed by atoms with E-state index in [1.54, 1.807) is 18.5 Å². The number of aromatic nitrogens is 2. The second-order valence-electron chi connectivity index (χ2n) is 5.49. The number of nitro benzene ring substituents is 1. The van der Waals surface area contributed by atoms with Crippen molar-refractivity contribution >= 4 is 39.9 Å². The van der Waals surface area contributed by atoms with Crippen molar-refractivity contribution in [1.29, 1.82) is 0 Å². The predicted molar refractivity (Wildman–Crippen MR) is 97.9 cm³/mol. The fourth-order valence-corrected chi connectivity index (χ4v) is 2.44. The highest BCUT2D eigenvalue weighted by Crippen LogP contribution is 2.26. The number of oxazole rings is 1. The van der Waals surface area contributed by atoms with Crippen LogP contribution < -0.4 is 10.6 Å². The van der Waals surface area contributed by atoms with E-state index in [1.807, 2.05) is 36.4 Å². The number of nitrogens with zero attached hydrogens (tertiary/aromatic N) is 3. The standard InChI is InChI=1S/C18H13N5O3/c24-23(25)15-5-6-16-17(11-15)26-18(22-16)21-13-3-1-12(2-4-13)20-14-7-9-19-10-8-14/h1-11H,(H,19,20)(H,21,22). The van der Waals surface area contributed by atoms with Crippen LogP contribution in [0.25, 0.3) is 11.1 Å². The third-order valence-electron chi connectivity index (χ3n) is 3.69. The number of benzene rings is 2.